The van der Waals surface area contributed by atoms with Crippen molar-refractivity contribution < 1.29 is 4.79 Å². The first-order valence-electron chi connectivity index (χ1n) is 6.13. The summed E-state index contributed by atoms with van der Waals surface area (Å²) in [5.41, 5.74) is 0. The van der Waals surface area contributed by atoms with E-state index in [0.29, 0.717) is 30.7 Å². The number of rotatable bonds is 4. The number of amides is 1. The Morgan fingerprint density at radius 2 is 1.94 bits per heavy atom. The van der Waals surface area contributed by atoms with Crippen LogP contribution in [0.3, 0.4) is 0 Å². The normalized spacial score (nSPS) is 21.2. The maximum atomic E-state index is 11.7. The van der Waals surface area contributed by atoms with Crippen molar-refractivity contribution in [2.45, 2.75) is 34.1 Å². The molecule has 3 nitrogen and oxygen atoms in total. The van der Waals surface area contributed by atoms with Crippen molar-refractivity contribution in [2.24, 2.45) is 23.7 Å². The van der Waals surface area contributed by atoms with Gasteiger partial charge in [-0.25, -0.2) is 0 Å². The number of likely N-dealkylation sites (tertiary alicyclic amines) is 1. The monoisotopic (exact) mass is 222 g/mol. The molecular formula is C13H22N2O. The largest absolute Gasteiger partial charge is 0.341 e. The summed E-state index contributed by atoms with van der Waals surface area (Å²) in [6.45, 7) is 10.2. The maximum absolute atomic E-state index is 11.7. The van der Waals surface area contributed by atoms with Crippen LogP contribution in [0.5, 0.6) is 0 Å². The molecule has 1 fully saturated rings. The lowest BCUT2D eigenvalue weighted by Gasteiger charge is -2.29. The molecule has 0 aromatic carbocycles. The van der Waals surface area contributed by atoms with Gasteiger partial charge in [0.25, 0.3) is 0 Å². The summed E-state index contributed by atoms with van der Waals surface area (Å²) in [7, 11) is 0. The highest BCUT2D eigenvalue weighted by Gasteiger charge is 2.32. The summed E-state index contributed by atoms with van der Waals surface area (Å²) in [6.07, 6.45) is 0.416. The van der Waals surface area contributed by atoms with Gasteiger partial charge in [0.1, 0.15) is 0 Å². The van der Waals surface area contributed by atoms with Crippen molar-refractivity contribution in [1.29, 1.82) is 5.26 Å². The SMILES string of the molecule is CC(C)C(CN1CC(C#N)CC1=O)C(C)C. The third kappa shape index (κ3) is 2.98. The zero-order chi connectivity index (χ0) is 12.3. The highest BCUT2D eigenvalue weighted by molar-refractivity contribution is 5.79. The predicted octanol–water partition coefficient (Wildman–Crippen LogP) is 2.29. The van der Waals surface area contributed by atoms with E-state index in [2.05, 4.69) is 33.8 Å². The molecule has 1 atom stereocenters. The Labute approximate surface area is 98.4 Å². The highest BCUT2D eigenvalue weighted by Crippen LogP contribution is 2.25. The summed E-state index contributed by atoms with van der Waals surface area (Å²) < 4.78 is 0. The fourth-order valence-electron chi connectivity index (χ4n) is 2.48. The van der Waals surface area contributed by atoms with Crippen LogP contribution in [0.4, 0.5) is 0 Å². The number of carbonyl (C=O) groups is 1. The minimum Gasteiger partial charge on any atom is -0.341 e. The highest BCUT2D eigenvalue weighted by atomic mass is 16.2. The molecule has 0 radical (unpaired) electrons. The standard InChI is InChI=1S/C13H22N2O/c1-9(2)12(10(3)4)8-15-7-11(6-14)5-13(15)16/h9-12H,5,7-8H2,1-4H3. The van der Waals surface area contributed by atoms with E-state index in [1.54, 1.807) is 0 Å². The van der Waals surface area contributed by atoms with Crippen LogP contribution in [-0.4, -0.2) is 23.9 Å². The maximum Gasteiger partial charge on any atom is 0.224 e. The van der Waals surface area contributed by atoms with Gasteiger partial charge in [0.2, 0.25) is 5.91 Å². The van der Waals surface area contributed by atoms with Crippen LogP contribution in [-0.2, 0) is 4.79 Å². The van der Waals surface area contributed by atoms with Crippen molar-refractivity contribution in [1.82, 2.24) is 4.90 Å². The molecule has 0 bridgehead atoms. The number of nitrogens with zero attached hydrogens (tertiary/aromatic N) is 2. The van der Waals surface area contributed by atoms with E-state index < -0.39 is 0 Å². The Morgan fingerprint density at radius 3 is 2.31 bits per heavy atom. The second kappa shape index (κ2) is 5.34. The number of hydrogen-bond acceptors (Lipinski definition) is 2. The molecule has 0 aromatic rings. The van der Waals surface area contributed by atoms with Crippen molar-refractivity contribution >= 4 is 5.91 Å². The van der Waals surface area contributed by atoms with E-state index >= 15 is 0 Å². The minimum absolute atomic E-state index is 0.0903. The Bertz CT molecular complexity index is 283. The molecular weight excluding hydrogens is 200 g/mol. The van der Waals surface area contributed by atoms with Gasteiger partial charge < -0.3 is 4.90 Å². The molecule has 1 aliphatic rings. The molecule has 0 aliphatic carbocycles. The zero-order valence-electron chi connectivity index (χ0n) is 10.7. The molecule has 1 saturated heterocycles. The Morgan fingerprint density at radius 1 is 1.38 bits per heavy atom. The van der Waals surface area contributed by atoms with Gasteiger partial charge in [-0.3, -0.25) is 4.79 Å². The van der Waals surface area contributed by atoms with Crippen molar-refractivity contribution in [3.05, 3.63) is 0 Å². The smallest absolute Gasteiger partial charge is 0.224 e. The fraction of sp³-hybridized carbons (Fsp3) is 0.846. The second-order valence-corrected chi connectivity index (χ2v) is 5.48. The zero-order valence-corrected chi connectivity index (χ0v) is 10.7. The Balaban J connectivity index is 2.60. The van der Waals surface area contributed by atoms with E-state index in [1.807, 2.05) is 4.90 Å². The first kappa shape index (κ1) is 13.0. The predicted molar refractivity (Wildman–Crippen MR) is 63.5 cm³/mol. The van der Waals surface area contributed by atoms with Crippen LogP contribution in [0, 0.1) is 35.0 Å². The summed E-state index contributed by atoms with van der Waals surface area (Å²) in [4.78, 5) is 13.6. The number of hydrogen-bond donors (Lipinski definition) is 0. The molecule has 0 saturated carbocycles. The number of carbonyl (C=O) groups excluding carboxylic acids is 1. The van der Waals surface area contributed by atoms with E-state index in [-0.39, 0.29) is 11.8 Å². The van der Waals surface area contributed by atoms with Gasteiger partial charge in [-0.1, -0.05) is 27.7 Å². The fourth-order valence-corrected chi connectivity index (χ4v) is 2.48. The summed E-state index contributed by atoms with van der Waals surface area (Å²) in [5, 5.41) is 8.83. The van der Waals surface area contributed by atoms with E-state index in [1.165, 1.54) is 0 Å². The Kier molecular flexibility index (Phi) is 4.35. The van der Waals surface area contributed by atoms with Crippen molar-refractivity contribution in [3.63, 3.8) is 0 Å². The van der Waals surface area contributed by atoms with Gasteiger partial charge in [0.05, 0.1) is 12.0 Å². The van der Waals surface area contributed by atoms with Gasteiger partial charge in [-0.05, 0) is 17.8 Å². The van der Waals surface area contributed by atoms with Crippen LogP contribution in [0.2, 0.25) is 0 Å². The van der Waals surface area contributed by atoms with Gasteiger partial charge >= 0.3 is 0 Å². The lowest BCUT2D eigenvalue weighted by atomic mass is 9.85. The second-order valence-electron chi connectivity index (χ2n) is 5.48. The summed E-state index contributed by atoms with van der Waals surface area (Å²) in [5.74, 6) is 1.74. The molecule has 90 valence electrons. The van der Waals surface area contributed by atoms with E-state index in [0.717, 1.165) is 6.54 Å². The average Bonchev–Trinajstić information content (AvgIpc) is 2.54. The van der Waals surface area contributed by atoms with Crippen LogP contribution < -0.4 is 0 Å². The quantitative estimate of drug-likeness (QED) is 0.732. The molecule has 1 amide bonds. The first-order chi connectivity index (χ1) is 7.45. The molecule has 3 heteroatoms. The number of nitriles is 1. The molecule has 0 N–H and O–H groups in total. The van der Waals surface area contributed by atoms with Crippen LogP contribution in [0.25, 0.3) is 0 Å². The van der Waals surface area contributed by atoms with Gasteiger partial charge in [0.15, 0.2) is 0 Å². The molecule has 1 heterocycles. The molecule has 1 unspecified atom stereocenters. The summed E-state index contributed by atoms with van der Waals surface area (Å²) in [6, 6.07) is 2.19. The first-order valence-corrected chi connectivity index (χ1v) is 6.13. The Hall–Kier alpha value is -1.04. The lowest BCUT2D eigenvalue weighted by Crippen LogP contribution is -2.35. The van der Waals surface area contributed by atoms with Crippen molar-refractivity contribution in [3.8, 4) is 6.07 Å². The molecule has 0 spiro atoms. The topological polar surface area (TPSA) is 44.1 Å². The van der Waals surface area contributed by atoms with Gasteiger partial charge in [-0.15, -0.1) is 0 Å². The van der Waals surface area contributed by atoms with Crippen LogP contribution >= 0.6 is 0 Å². The third-order valence-electron chi connectivity index (χ3n) is 3.54. The molecule has 16 heavy (non-hydrogen) atoms. The van der Waals surface area contributed by atoms with Crippen LogP contribution in [0.1, 0.15) is 34.1 Å². The third-order valence-corrected chi connectivity index (χ3v) is 3.54. The molecule has 0 aromatic heterocycles. The van der Waals surface area contributed by atoms with E-state index in [9.17, 15) is 4.79 Å². The van der Waals surface area contributed by atoms with Gasteiger partial charge in [-0.2, -0.15) is 5.26 Å². The van der Waals surface area contributed by atoms with Crippen LogP contribution in [0.15, 0.2) is 0 Å². The molecule has 1 aliphatic heterocycles. The molecule has 1 rings (SSSR count). The van der Waals surface area contributed by atoms with Gasteiger partial charge in [0, 0.05) is 19.5 Å². The lowest BCUT2D eigenvalue weighted by molar-refractivity contribution is -0.128. The average molecular weight is 222 g/mol. The van der Waals surface area contributed by atoms with E-state index in [4.69, 9.17) is 5.26 Å². The van der Waals surface area contributed by atoms with Crippen molar-refractivity contribution in [2.75, 3.05) is 13.1 Å². The minimum atomic E-state index is -0.0903. The summed E-state index contributed by atoms with van der Waals surface area (Å²) >= 11 is 0.